The summed E-state index contributed by atoms with van der Waals surface area (Å²) in [4.78, 5) is 12.1. The van der Waals surface area contributed by atoms with Crippen LogP contribution in [0, 0.1) is 0 Å². The lowest BCUT2D eigenvalue weighted by molar-refractivity contribution is 0.234. The van der Waals surface area contributed by atoms with Crippen LogP contribution in [-0.4, -0.2) is 10.2 Å². The first kappa shape index (κ1) is 17.6. The number of benzene rings is 2. The fourth-order valence-electron chi connectivity index (χ4n) is 3.07. The normalized spacial score (nSPS) is 15.6. The van der Waals surface area contributed by atoms with E-state index < -0.39 is 23.7 Å². The van der Waals surface area contributed by atoms with Crippen molar-refractivity contribution in [2.75, 3.05) is 0 Å². The highest BCUT2D eigenvalue weighted by atomic mass is 79.9. The number of rotatable bonds is 3. The third-order valence-corrected chi connectivity index (χ3v) is 4.83. The molecule has 136 valence electrons. The van der Waals surface area contributed by atoms with Gasteiger partial charge in [-0.15, -0.1) is 0 Å². The fourth-order valence-corrected chi connectivity index (χ4v) is 3.45. The summed E-state index contributed by atoms with van der Waals surface area (Å²) in [5.41, 5.74) is 0.992. The molecule has 27 heavy (non-hydrogen) atoms. The van der Waals surface area contributed by atoms with Gasteiger partial charge in [-0.3, -0.25) is 4.79 Å². The van der Waals surface area contributed by atoms with Gasteiger partial charge in [0.25, 0.3) is 0 Å². The van der Waals surface area contributed by atoms with E-state index in [1.807, 2.05) is 48.5 Å². The summed E-state index contributed by atoms with van der Waals surface area (Å²) in [6, 6.07) is 16.1. The Hall–Kier alpha value is -2.83. The average Bonchev–Trinajstić information content (AvgIpc) is 2.70. The Morgan fingerprint density at radius 1 is 1.07 bits per heavy atom. The Kier molecular flexibility index (Phi) is 4.59. The van der Waals surface area contributed by atoms with Gasteiger partial charge in [-0.25, -0.2) is 0 Å². The average molecular weight is 427 g/mol. The van der Waals surface area contributed by atoms with Crippen LogP contribution in [0.3, 0.4) is 0 Å². The van der Waals surface area contributed by atoms with Crippen molar-refractivity contribution in [3.63, 3.8) is 0 Å². The molecular formula is C21H15BrO5. The number of fused-ring (bicyclic) bond motifs is 1. The van der Waals surface area contributed by atoms with E-state index in [4.69, 9.17) is 9.15 Å². The van der Waals surface area contributed by atoms with Crippen LogP contribution in [0.2, 0.25) is 0 Å². The number of aliphatic hydroxyl groups is 1. The third-order valence-electron chi connectivity index (χ3n) is 4.34. The minimum Gasteiger partial charge on any atom is -0.502 e. The van der Waals surface area contributed by atoms with Gasteiger partial charge in [-0.1, -0.05) is 46.3 Å². The second-order valence-corrected chi connectivity index (χ2v) is 7.02. The molecule has 2 heterocycles. The predicted octanol–water partition coefficient (Wildman–Crippen LogP) is 4.17. The minimum absolute atomic E-state index is 0.0719. The quantitative estimate of drug-likeness (QED) is 0.656. The highest BCUT2D eigenvalue weighted by Gasteiger charge is 2.29. The van der Waals surface area contributed by atoms with E-state index in [0.29, 0.717) is 11.5 Å². The molecule has 0 amide bonds. The zero-order valence-electron chi connectivity index (χ0n) is 14.1. The number of aromatic hydroxyl groups is 1. The number of aliphatic hydroxyl groups excluding tert-OH is 1. The molecule has 0 saturated heterocycles. The zero-order valence-corrected chi connectivity index (χ0v) is 15.6. The summed E-state index contributed by atoms with van der Waals surface area (Å²) in [6.07, 6.45) is 1.79. The highest BCUT2D eigenvalue weighted by Crippen LogP contribution is 2.43. The van der Waals surface area contributed by atoms with Gasteiger partial charge in [-0.05, 0) is 24.3 Å². The summed E-state index contributed by atoms with van der Waals surface area (Å²) in [6.45, 7) is -0.438. The Morgan fingerprint density at radius 3 is 2.59 bits per heavy atom. The molecule has 6 heteroatoms. The molecule has 0 saturated carbocycles. The second-order valence-electron chi connectivity index (χ2n) is 6.11. The van der Waals surface area contributed by atoms with Crippen LogP contribution in [0.25, 0.3) is 5.76 Å². The van der Waals surface area contributed by atoms with Crippen molar-refractivity contribution in [2.24, 2.45) is 0 Å². The molecule has 0 aliphatic carbocycles. The van der Waals surface area contributed by atoms with E-state index in [2.05, 4.69) is 15.9 Å². The highest BCUT2D eigenvalue weighted by molar-refractivity contribution is 9.10. The topological polar surface area (TPSA) is 79.9 Å². The summed E-state index contributed by atoms with van der Waals surface area (Å²) in [5.74, 6) is 0.315. The minimum atomic E-state index is -0.599. The van der Waals surface area contributed by atoms with E-state index in [1.54, 1.807) is 6.08 Å². The van der Waals surface area contributed by atoms with Gasteiger partial charge in [-0.2, -0.15) is 0 Å². The van der Waals surface area contributed by atoms with Crippen molar-refractivity contribution >= 4 is 21.7 Å². The summed E-state index contributed by atoms with van der Waals surface area (Å²) < 4.78 is 12.5. The summed E-state index contributed by atoms with van der Waals surface area (Å²) in [7, 11) is 0. The van der Waals surface area contributed by atoms with Crippen LogP contribution < -0.4 is 10.2 Å². The standard InChI is InChI=1S/C21H15BrO5/c22-13-6-7-18-15(8-13)16(10-19(27-18)12-4-2-1-3-5-12)21-20(25)17(24)9-14(11-23)26-21/h1-10,16,23,25H,11H2. The van der Waals surface area contributed by atoms with E-state index in [0.717, 1.165) is 21.7 Å². The van der Waals surface area contributed by atoms with Crippen molar-refractivity contribution in [3.8, 4) is 11.5 Å². The molecular weight excluding hydrogens is 412 g/mol. The number of halogens is 1. The number of hydrogen-bond donors (Lipinski definition) is 2. The van der Waals surface area contributed by atoms with Gasteiger partial charge in [0, 0.05) is 21.7 Å². The van der Waals surface area contributed by atoms with E-state index in [-0.39, 0.29) is 11.5 Å². The van der Waals surface area contributed by atoms with Crippen LogP contribution in [-0.2, 0) is 6.61 Å². The molecule has 3 aromatic rings. The Bertz CT molecular complexity index is 1090. The smallest absolute Gasteiger partial charge is 0.227 e. The summed E-state index contributed by atoms with van der Waals surface area (Å²) in [5, 5.41) is 19.7. The van der Waals surface area contributed by atoms with Crippen molar-refractivity contribution in [1.29, 1.82) is 0 Å². The maximum Gasteiger partial charge on any atom is 0.227 e. The maximum atomic E-state index is 12.1. The number of allylic oxidation sites excluding steroid dienone is 1. The van der Waals surface area contributed by atoms with Gasteiger partial charge in [0.2, 0.25) is 11.2 Å². The molecule has 1 unspecified atom stereocenters. The molecule has 2 aromatic carbocycles. The maximum absolute atomic E-state index is 12.1. The second kappa shape index (κ2) is 7.06. The van der Waals surface area contributed by atoms with Gasteiger partial charge >= 0.3 is 0 Å². The van der Waals surface area contributed by atoms with Crippen LogP contribution in [0.1, 0.15) is 28.6 Å². The van der Waals surface area contributed by atoms with Gasteiger partial charge in [0.15, 0.2) is 5.76 Å². The summed E-state index contributed by atoms with van der Waals surface area (Å²) >= 11 is 3.44. The largest absolute Gasteiger partial charge is 0.502 e. The lowest BCUT2D eigenvalue weighted by atomic mass is 9.91. The first-order valence-corrected chi connectivity index (χ1v) is 9.07. The first-order chi connectivity index (χ1) is 13.1. The number of ether oxygens (including phenoxy) is 1. The Balaban J connectivity index is 1.94. The predicted molar refractivity (Wildman–Crippen MR) is 104 cm³/mol. The van der Waals surface area contributed by atoms with Crippen LogP contribution in [0.5, 0.6) is 11.5 Å². The lowest BCUT2D eigenvalue weighted by Gasteiger charge is -2.25. The van der Waals surface area contributed by atoms with Crippen molar-refractivity contribution < 1.29 is 19.4 Å². The monoisotopic (exact) mass is 426 g/mol. The van der Waals surface area contributed by atoms with E-state index in [1.165, 1.54) is 0 Å². The molecule has 4 rings (SSSR count). The number of hydrogen-bond acceptors (Lipinski definition) is 5. The fraction of sp³-hybridized carbons (Fsp3) is 0.0952. The van der Waals surface area contributed by atoms with Crippen LogP contribution in [0.15, 0.2) is 74.4 Å². The molecule has 5 nitrogen and oxygen atoms in total. The third kappa shape index (κ3) is 3.29. The van der Waals surface area contributed by atoms with Crippen molar-refractivity contribution in [3.05, 3.63) is 98.0 Å². The molecule has 1 atom stereocenters. The van der Waals surface area contributed by atoms with Gasteiger partial charge < -0.3 is 19.4 Å². The van der Waals surface area contributed by atoms with Gasteiger partial charge in [0.1, 0.15) is 23.9 Å². The van der Waals surface area contributed by atoms with Crippen LogP contribution >= 0.6 is 15.9 Å². The van der Waals surface area contributed by atoms with Gasteiger partial charge in [0.05, 0.1) is 5.92 Å². The molecule has 0 radical (unpaired) electrons. The van der Waals surface area contributed by atoms with E-state index >= 15 is 0 Å². The molecule has 1 aliphatic rings. The molecule has 1 aromatic heterocycles. The SMILES string of the molecule is O=c1cc(CO)oc(C2C=C(c3ccccc3)Oc3ccc(Br)cc32)c1O. The molecule has 0 spiro atoms. The lowest BCUT2D eigenvalue weighted by Crippen LogP contribution is -2.13. The first-order valence-electron chi connectivity index (χ1n) is 8.28. The molecule has 0 fully saturated rings. The zero-order chi connectivity index (χ0) is 19.0. The Labute approximate surface area is 163 Å². The molecule has 2 N–H and O–H groups in total. The molecule has 0 bridgehead atoms. The van der Waals surface area contributed by atoms with Crippen LogP contribution in [0.4, 0.5) is 0 Å². The van der Waals surface area contributed by atoms with E-state index in [9.17, 15) is 15.0 Å². The van der Waals surface area contributed by atoms with Crippen molar-refractivity contribution in [2.45, 2.75) is 12.5 Å². The Morgan fingerprint density at radius 2 is 1.85 bits per heavy atom. The molecule has 1 aliphatic heterocycles. The van der Waals surface area contributed by atoms with Crippen molar-refractivity contribution in [1.82, 2.24) is 0 Å².